The fraction of sp³-hybridized carbons (Fsp3) is 0.632. The lowest BCUT2D eigenvalue weighted by Crippen LogP contribution is -2.25. The monoisotopic (exact) mass is 290 g/mol. The molecule has 0 aliphatic rings. The zero-order chi connectivity index (χ0) is 16.5. The first kappa shape index (κ1) is 17.7. The van der Waals surface area contributed by atoms with E-state index in [4.69, 9.17) is 5.11 Å². The summed E-state index contributed by atoms with van der Waals surface area (Å²) >= 11 is 0. The Hall–Kier alpha value is -1.31. The molecule has 1 aromatic carbocycles. The summed E-state index contributed by atoms with van der Waals surface area (Å²) in [5.41, 5.74) is 2.46. The van der Waals surface area contributed by atoms with Gasteiger partial charge in [0.1, 0.15) is 0 Å². The molecule has 2 nitrogen and oxygen atoms in total. The highest BCUT2D eigenvalue weighted by molar-refractivity contribution is 5.68. The molecular weight excluding hydrogens is 260 g/mol. The van der Waals surface area contributed by atoms with Gasteiger partial charge in [0.05, 0.1) is 6.42 Å². The largest absolute Gasteiger partial charge is 0.481 e. The van der Waals surface area contributed by atoms with Crippen LogP contribution in [0.1, 0.15) is 72.4 Å². The second kappa shape index (κ2) is 5.82. The van der Waals surface area contributed by atoms with Crippen LogP contribution in [0.3, 0.4) is 0 Å². The summed E-state index contributed by atoms with van der Waals surface area (Å²) in [4.78, 5) is 11.0. The number of hydrogen-bond acceptors (Lipinski definition) is 1. The lowest BCUT2D eigenvalue weighted by molar-refractivity contribution is -0.138. The van der Waals surface area contributed by atoms with E-state index in [1.165, 1.54) is 5.56 Å². The molecule has 0 aliphatic carbocycles. The molecule has 2 heteroatoms. The molecule has 1 aromatic rings. The Kier molecular flexibility index (Phi) is 4.92. The van der Waals surface area contributed by atoms with E-state index in [1.807, 2.05) is 13.8 Å². The van der Waals surface area contributed by atoms with Crippen LogP contribution in [-0.4, -0.2) is 11.1 Å². The number of carbonyl (C=O) groups is 1. The van der Waals surface area contributed by atoms with Crippen molar-refractivity contribution in [3.63, 3.8) is 0 Å². The molecule has 118 valence electrons. The summed E-state index contributed by atoms with van der Waals surface area (Å²) in [5.74, 6) is -0.753. The number of benzene rings is 1. The third-order valence-corrected chi connectivity index (χ3v) is 4.01. The van der Waals surface area contributed by atoms with Gasteiger partial charge in [-0.15, -0.1) is 0 Å². The minimum absolute atomic E-state index is 0.119. The van der Waals surface area contributed by atoms with Crippen molar-refractivity contribution in [1.82, 2.24) is 0 Å². The second-order valence-corrected chi connectivity index (χ2v) is 8.65. The molecule has 0 radical (unpaired) electrons. The molecule has 0 aromatic heterocycles. The van der Waals surface area contributed by atoms with Crippen molar-refractivity contribution in [2.24, 2.45) is 5.41 Å². The molecule has 0 bridgehead atoms. The van der Waals surface area contributed by atoms with E-state index >= 15 is 0 Å². The predicted molar refractivity (Wildman–Crippen MR) is 88.8 cm³/mol. The van der Waals surface area contributed by atoms with Crippen molar-refractivity contribution < 1.29 is 9.90 Å². The summed E-state index contributed by atoms with van der Waals surface area (Å²) in [7, 11) is 0. The molecule has 21 heavy (non-hydrogen) atoms. The van der Waals surface area contributed by atoms with Crippen LogP contribution < -0.4 is 0 Å². The lowest BCUT2D eigenvalue weighted by Gasteiger charge is -2.33. The van der Waals surface area contributed by atoms with Crippen molar-refractivity contribution in [2.75, 3.05) is 0 Å². The van der Waals surface area contributed by atoms with Crippen LogP contribution in [0.25, 0.3) is 0 Å². The van der Waals surface area contributed by atoms with Gasteiger partial charge in [-0.3, -0.25) is 4.79 Å². The van der Waals surface area contributed by atoms with Gasteiger partial charge in [0, 0.05) is 5.41 Å². The molecule has 0 aliphatic heterocycles. The van der Waals surface area contributed by atoms with Crippen LogP contribution >= 0.6 is 0 Å². The highest BCUT2D eigenvalue weighted by Gasteiger charge is 2.28. The molecule has 1 N–H and O–H groups in total. The average Bonchev–Trinajstić information content (AvgIpc) is 2.24. The molecule has 1 rings (SSSR count). The van der Waals surface area contributed by atoms with Gasteiger partial charge in [-0.1, -0.05) is 72.7 Å². The van der Waals surface area contributed by atoms with E-state index in [1.54, 1.807) is 0 Å². The van der Waals surface area contributed by atoms with Crippen molar-refractivity contribution >= 4 is 5.97 Å². The fourth-order valence-electron chi connectivity index (χ4n) is 3.28. The summed E-state index contributed by atoms with van der Waals surface area (Å²) < 4.78 is 0. The molecule has 0 fully saturated rings. The first-order valence-electron chi connectivity index (χ1n) is 7.66. The Bertz CT molecular complexity index is 487. The number of carboxylic acids is 1. The molecule has 0 saturated heterocycles. The van der Waals surface area contributed by atoms with Crippen molar-refractivity contribution in [3.05, 3.63) is 35.4 Å². The Morgan fingerprint density at radius 1 is 0.857 bits per heavy atom. The lowest BCUT2D eigenvalue weighted by atomic mass is 9.71. The van der Waals surface area contributed by atoms with Gasteiger partial charge in [-0.25, -0.2) is 0 Å². The van der Waals surface area contributed by atoms with Crippen LogP contribution in [0.4, 0.5) is 0 Å². The molecule has 0 saturated carbocycles. The number of rotatable bonds is 5. The minimum atomic E-state index is -0.753. The summed E-state index contributed by atoms with van der Waals surface area (Å²) in [5, 5.41) is 9.02. The second-order valence-electron chi connectivity index (χ2n) is 8.65. The highest BCUT2D eigenvalue weighted by atomic mass is 16.4. The molecule has 0 unspecified atom stereocenters. The van der Waals surface area contributed by atoms with Crippen LogP contribution in [-0.2, 0) is 15.6 Å². The maximum absolute atomic E-state index is 11.0. The third kappa shape index (κ3) is 5.18. The van der Waals surface area contributed by atoms with E-state index in [0.29, 0.717) is 0 Å². The quantitative estimate of drug-likeness (QED) is 0.814. The van der Waals surface area contributed by atoms with Gasteiger partial charge < -0.3 is 5.11 Å². The third-order valence-electron chi connectivity index (χ3n) is 4.01. The van der Waals surface area contributed by atoms with Crippen LogP contribution in [0, 0.1) is 5.41 Å². The maximum atomic E-state index is 11.0. The molecule has 0 atom stereocenters. The summed E-state index contributed by atoms with van der Waals surface area (Å²) in [6, 6.07) is 8.49. The van der Waals surface area contributed by atoms with Crippen LogP contribution in [0.5, 0.6) is 0 Å². The standard InChI is InChI=1S/C19H30O2/c1-17(2,3)13-19(6,7)15-10-8-14(9-11-15)18(4,5)12-16(20)21/h8-11H,12-13H2,1-7H3,(H,20,21). The average molecular weight is 290 g/mol. The molecule has 0 heterocycles. The topological polar surface area (TPSA) is 37.3 Å². The highest BCUT2D eigenvalue weighted by Crippen LogP contribution is 2.37. The SMILES string of the molecule is CC(C)(C)CC(C)(C)c1ccc(C(C)(C)CC(=O)O)cc1. The van der Waals surface area contributed by atoms with Gasteiger partial charge in [0.2, 0.25) is 0 Å². The maximum Gasteiger partial charge on any atom is 0.304 e. The number of hydrogen-bond donors (Lipinski definition) is 1. The van der Waals surface area contributed by atoms with Gasteiger partial charge in [-0.2, -0.15) is 0 Å². The van der Waals surface area contributed by atoms with Crippen molar-refractivity contribution in [2.45, 2.75) is 72.1 Å². The molecular formula is C19H30O2. The smallest absolute Gasteiger partial charge is 0.304 e. The van der Waals surface area contributed by atoms with Gasteiger partial charge in [-0.05, 0) is 28.4 Å². The minimum Gasteiger partial charge on any atom is -0.481 e. The van der Waals surface area contributed by atoms with E-state index in [-0.39, 0.29) is 22.7 Å². The van der Waals surface area contributed by atoms with Crippen molar-refractivity contribution in [3.8, 4) is 0 Å². The summed E-state index contributed by atoms with van der Waals surface area (Å²) in [6.07, 6.45) is 1.26. The number of aliphatic carboxylic acids is 1. The van der Waals surface area contributed by atoms with E-state index in [0.717, 1.165) is 12.0 Å². The van der Waals surface area contributed by atoms with E-state index in [9.17, 15) is 4.79 Å². The fourth-order valence-corrected chi connectivity index (χ4v) is 3.28. The molecule has 0 amide bonds. The summed E-state index contributed by atoms with van der Waals surface area (Å²) in [6.45, 7) is 15.3. The molecule has 0 spiro atoms. The van der Waals surface area contributed by atoms with Gasteiger partial charge in [0.25, 0.3) is 0 Å². The predicted octanol–water partition coefficient (Wildman–Crippen LogP) is 5.15. The van der Waals surface area contributed by atoms with Gasteiger partial charge in [0.15, 0.2) is 0 Å². The first-order valence-corrected chi connectivity index (χ1v) is 7.66. The Balaban J connectivity index is 2.99. The zero-order valence-corrected chi connectivity index (χ0v) is 14.6. The zero-order valence-electron chi connectivity index (χ0n) is 14.6. The first-order chi connectivity index (χ1) is 9.33. The Morgan fingerprint density at radius 3 is 1.57 bits per heavy atom. The normalized spacial score (nSPS) is 13.3. The van der Waals surface area contributed by atoms with Crippen LogP contribution in [0.2, 0.25) is 0 Å². The van der Waals surface area contributed by atoms with Gasteiger partial charge >= 0.3 is 5.97 Å². The number of carboxylic acid groups (broad SMARTS) is 1. The Labute approximate surface area is 129 Å². The van der Waals surface area contributed by atoms with Crippen LogP contribution in [0.15, 0.2) is 24.3 Å². The Morgan fingerprint density at radius 2 is 1.24 bits per heavy atom. The van der Waals surface area contributed by atoms with Crippen molar-refractivity contribution in [1.29, 1.82) is 0 Å². The van der Waals surface area contributed by atoms with E-state index in [2.05, 4.69) is 58.9 Å². The van der Waals surface area contributed by atoms with E-state index < -0.39 is 5.97 Å².